The Bertz CT molecular complexity index is 1140. The molecule has 1 aliphatic carbocycles. The predicted molar refractivity (Wildman–Crippen MR) is 174 cm³/mol. The number of rotatable bonds is 13. The molecule has 1 aromatic heterocycles. The van der Waals surface area contributed by atoms with Gasteiger partial charge >= 0.3 is 0 Å². The van der Waals surface area contributed by atoms with Crippen molar-refractivity contribution in [3.8, 4) is 0 Å². The van der Waals surface area contributed by atoms with Gasteiger partial charge in [-0.15, -0.1) is 0 Å². The van der Waals surface area contributed by atoms with Crippen molar-refractivity contribution in [1.82, 2.24) is 10.3 Å². The Balaban J connectivity index is 0.000000364. The van der Waals surface area contributed by atoms with E-state index in [4.69, 9.17) is 4.99 Å². The fourth-order valence-electron chi connectivity index (χ4n) is 4.69. The zero-order valence-corrected chi connectivity index (χ0v) is 26.4. The lowest BCUT2D eigenvalue weighted by molar-refractivity contribution is 0.559. The summed E-state index contributed by atoms with van der Waals surface area (Å²) in [5, 5.41) is 3.48. The molecule has 0 spiro atoms. The number of halogens is 1. The van der Waals surface area contributed by atoms with Crippen molar-refractivity contribution in [2.75, 3.05) is 7.05 Å². The van der Waals surface area contributed by atoms with E-state index in [1.54, 1.807) is 19.5 Å². The van der Waals surface area contributed by atoms with E-state index in [9.17, 15) is 0 Å². The fraction of sp³-hybridized carbons (Fsp3) is 0.441. The van der Waals surface area contributed by atoms with E-state index in [1.165, 1.54) is 29.5 Å². The summed E-state index contributed by atoms with van der Waals surface area (Å²) >= 11 is 3.57. The number of hydrogen-bond acceptors (Lipinski definition) is 4. The maximum Gasteiger partial charge on any atom is 0.0565 e. The van der Waals surface area contributed by atoms with E-state index in [-0.39, 0.29) is 0 Å². The van der Waals surface area contributed by atoms with Crippen LogP contribution in [0.4, 0.5) is 0 Å². The number of nitrogens with zero attached hydrogens (tertiary/aromatic N) is 3. The Morgan fingerprint density at radius 1 is 1.08 bits per heavy atom. The molecule has 39 heavy (non-hydrogen) atoms. The summed E-state index contributed by atoms with van der Waals surface area (Å²) in [7, 11) is 1.77. The first-order valence-electron chi connectivity index (χ1n) is 14.2. The summed E-state index contributed by atoms with van der Waals surface area (Å²) in [6, 6.07) is 14.7. The molecule has 0 aliphatic heterocycles. The molecule has 1 saturated carbocycles. The average Bonchev–Trinajstić information content (AvgIpc) is 3.76. The van der Waals surface area contributed by atoms with Gasteiger partial charge in [0, 0.05) is 54.9 Å². The van der Waals surface area contributed by atoms with Gasteiger partial charge in [0.2, 0.25) is 0 Å². The van der Waals surface area contributed by atoms with Crippen molar-refractivity contribution < 1.29 is 0 Å². The summed E-state index contributed by atoms with van der Waals surface area (Å²) in [5.74, 6) is 0.462. The lowest BCUT2D eigenvalue weighted by atomic mass is 9.90. The lowest BCUT2D eigenvalue weighted by Crippen LogP contribution is -2.17. The number of benzene rings is 1. The number of aliphatic imine (C=N–C) groups is 2. The van der Waals surface area contributed by atoms with Crippen LogP contribution in [0.2, 0.25) is 0 Å². The number of aromatic nitrogens is 1. The van der Waals surface area contributed by atoms with E-state index >= 15 is 0 Å². The monoisotopic (exact) mass is 590 g/mol. The van der Waals surface area contributed by atoms with Crippen LogP contribution < -0.4 is 5.32 Å². The highest BCUT2D eigenvalue weighted by atomic mass is 79.9. The van der Waals surface area contributed by atoms with Crippen molar-refractivity contribution in [2.24, 2.45) is 15.9 Å². The second-order valence-electron chi connectivity index (χ2n) is 10.4. The standard InChI is InChI=1S/C22H33BrN4.C12H14/c1-6-9-20(10-7-2)22(27-18(4)21(23)16-24-5)13-17(3)26-15-19-11-8-12-25-14-19;1-10(2)12(8-9-12)11-6-4-3-5-7-11/h8,11-14,16,20,26H,6-7,9-10,15H2,1-5H3;3-7H,1,8-9H2,2H3/b17-13+,21-18-,24-16?,27-22+;. The van der Waals surface area contributed by atoms with Gasteiger partial charge in [0.15, 0.2) is 0 Å². The zero-order chi connectivity index (χ0) is 28.7. The molecule has 0 unspecified atom stereocenters. The van der Waals surface area contributed by atoms with Gasteiger partial charge in [-0.3, -0.25) is 15.0 Å². The number of allylic oxidation sites excluding steroid dienone is 5. The molecule has 4 nitrogen and oxygen atoms in total. The van der Waals surface area contributed by atoms with Gasteiger partial charge in [0.25, 0.3) is 0 Å². The maximum absolute atomic E-state index is 4.96. The smallest absolute Gasteiger partial charge is 0.0565 e. The normalized spacial score (nSPS) is 15.5. The first-order chi connectivity index (χ1) is 18.8. The molecule has 0 amide bonds. The Hall–Kier alpha value is -2.79. The fourth-order valence-corrected chi connectivity index (χ4v) is 4.99. The Kier molecular flexibility index (Phi) is 14.1. The number of nitrogens with one attached hydrogen (secondary N) is 1. The topological polar surface area (TPSA) is 49.6 Å². The van der Waals surface area contributed by atoms with E-state index < -0.39 is 0 Å². The molecule has 3 rings (SSSR count). The minimum Gasteiger partial charge on any atom is -0.384 e. The minimum atomic E-state index is 0.348. The van der Waals surface area contributed by atoms with Gasteiger partial charge in [-0.05, 0) is 85.7 Å². The molecule has 1 aromatic carbocycles. The van der Waals surface area contributed by atoms with Gasteiger partial charge in [0.1, 0.15) is 0 Å². The van der Waals surface area contributed by atoms with Crippen molar-refractivity contribution >= 4 is 27.9 Å². The van der Waals surface area contributed by atoms with Crippen LogP contribution in [0.1, 0.15) is 84.3 Å². The van der Waals surface area contributed by atoms with Crippen LogP contribution in [-0.2, 0) is 12.0 Å². The zero-order valence-electron chi connectivity index (χ0n) is 24.8. The van der Waals surface area contributed by atoms with Crippen LogP contribution in [0.3, 0.4) is 0 Å². The summed E-state index contributed by atoms with van der Waals surface area (Å²) < 4.78 is 0.920. The molecule has 1 fully saturated rings. The van der Waals surface area contributed by atoms with E-state index in [1.807, 2.05) is 19.2 Å². The highest BCUT2D eigenvalue weighted by Crippen LogP contribution is 2.52. The van der Waals surface area contributed by atoms with Crippen LogP contribution in [-0.4, -0.2) is 24.0 Å². The summed E-state index contributed by atoms with van der Waals surface area (Å²) in [6.45, 7) is 15.6. The quantitative estimate of drug-likeness (QED) is 0.186. The Labute approximate surface area is 245 Å². The predicted octanol–water partition coefficient (Wildman–Crippen LogP) is 9.35. The first-order valence-corrected chi connectivity index (χ1v) is 15.0. The molecule has 0 radical (unpaired) electrons. The van der Waals surface area contributed by atoms with Gasteiger partial charge in [-0.2, -0.15) is 0 Å². The van der Waals surface area contributed by atoms with Crippen LogP contribution in [0, 0.1) is 5.92 Å². The van der Waals surface area contributed by atoms with Crippen LogP contribution in [0.25, 0.3) is 0 Å². The average molecular weight is 592 g/mol. The highest BCUT2D eigenvalue weighted by molar-refractivity contribution is 9.12. The third kappa shape index (κ3) is 10.7. The Morgan fingerprint density at radius 2 is 1.74 bits per heavy atom. The van der Waals surface area contributed by atoms with Gasteiger partial charge in [-0.25, -0.2) is 0 Å². The number of hydrogen-bond donors (Lipinski definition) is 1. The largest absolute Gasteiger partial charge is 0.384 e. The highest BCUT2D eigenvalue weighted by Gasteiger charge is 2.44. The molecule has 2 aromatic rings. The molecule has 1 heterocycles. The van der Waals surface area contributed by atoms with Gasteiger partial charge < -0.3 is 5.32 Å². The van der Waals surface area contributed by atoms with E-state index in [0.717, 1.165) is 53.8 Å². The molecular weight excluding hydrogens is 544 g/mol. The summed E-state index contributed by atoms with van der Waals surface area (Å²) in [5.41, 5.74) is 7.47. The summed E-state index contributed by atoms with van der Waals surface area (Å²) in [6.07, 6.45) is 14.8. The van der Waals surface area contributed by atoms with Gasteiger partial charge in [0.05, 0.1) is 10.2 Å². The van der Waals surface area contributed by atoms with E-state index in [0.29, 0.717) is 11.3 Å². The third-order valence-corrected chi connectivity index (χ3v) is 7.91. The molecule has 1 N–H and O–H groups in total. The second-order valence-corrected chi connectivity index (χ2v) is 11.3. The summed E-state index contributed by atoms with van der Waals surface area (Å²) in [4.78, 5) is 13.2. The molecule has 5 heteroatoms. The van der Waals surface area contributed by atoms with Crippen molar-refractivity contribution in [3.05, 3.63) is 100 Å². The SMILES string of the molecule is C=C(C)C1(c2ccccc2)CC1.CCCC(CCC)C(/C=C(\C)NCc1cccnc1)=N/C(C)=C(\Br)C=NC. The molecule has 0 atom stereocenters. The van der Waals surface area contributed by atoms with Gasteiger partial charge in [-0.1, -0.05) is 75.2 Å². The second kappa shape index (κ2) is 17.0. The molecule has 0 bridgehead atoms. The van der Waals surface area contributed by atoms with Crippen LogP contribution >= 0.6 is 15.9 Å². The minimum absolute atomic E-state index is 0.348. The number of pyridine rings is 1. The van der Waals surface area contributed by atoms with Crippen molar-refractivity contribution in [1.29, 1.82) is 0 Å². The maximum atomic E-state index is 4.96. The first kappa shape index (κ1) is 32.4. The lowest BCUT2D eigenvalue weighted by Gasteiger charge is -2.18. The molecule has 0 saturated heterocycles. The third-order valence-electron chi connectivity index (χ3n) is 7.13. The molecular formula is C34H47BrN4. The van der Waals surface area contributed by atoms with Crippen molar-refractivity contribution in [3.63, 3.8) is 0 Å². The van der Waals surface area contributed by atoms with Crippen LogP contribution in [0.5, 0.6) is 0 Å². The van der Waals surface area contributed by atoms with Crippen molar-refractivity contribution in [2.45, 2.75) is 85.1 Å². The molecule has 210 valence electrons. The molecule has 1 aliphatic rings. The van der Waals surface area contributed by atoms with Crippen LogP contribution in [0.15, 0.2) is 98.9 Å². The Morgan fingerprint density at radius 3 is 2.26 bits per heavy atom. The van der Waals surface area contributed by atoms with E-state index in [2.05, 4.69) is 108 Å².